The first kappa shape index (κ1) is 26.5. The predicted molar refractivity (Wildman–Crippen MR) is 156 cm³/mol. The van der Waals surface area contributed by atoms with Crippen LogP contribution in [0.2, 0.25) is 5.02 Å². The molecule has 4 aromatic rings. The summed E-state index contributed by atoms with van der Waals surface area (Å²) in [5.74, 6) is 0.131. The normalized spacial score (nSPS) is 14.7. The zero-order chi connectivity index (χ0) is 27.5. The van der Waals surface area contributed by atoms with Crippen molar-refractivity contribution in [1.82, 2.24) is 19.9 Å². The highest BCUT2D eigenvalue weighted by atomic mass is 35.5. The third-order valence-electron chi connectivity index (χ3n) is 6.88. The number of nitrogens with two attached hydrogens (primary N) is 1. The maximum absolute atomic E-state index is 14.4. The monoisotopic (exact) mass is 544 g/mol. The Morgan fingerprint density at radius 1 is 1.03 bits per heavy atom. The third kappa shape index (κ3) is 5.84. The van der Waals surface area contributed by atoms with Crippen molar-refractivity contribution >= 4 is 51.1 Å². The van der Waals surface area contributed by atoms with Crippen LogP contribution in [-0.4, -0.2) is 57.8 Å². The predicted octanol–water partition coefficient (Wildman–Crippen LogP) is 5.46. The molecule has 0 atom stereocenters. The second-order valence-corrected chi connectivity index (χ2v) is 10.1. The number of rotatable bonds is 7. The van der Waals surface area contributed by atoms with Crippen LogP contribution in [-0.2, 0) is 0 Å². The molecule has 3 aromatic heterocycles. The lowest BCUT2D eigenvalue weighted by Crippen LogP contribution is -2.48. The number of halogens is 2. The fourth-order valence-electron chi connectivity index (χ4n) is 4.65. The minimum absolute atomic E-state index is 0.0472. The van der Waals surface area contributed by atoms with E-state index in [1.807, 2.05) is 18.3 Å². The molecule has 1 aromatic carbocycles. The summed E-state index contributed by atoms with van der Waals surface area (Å²) in [6, 6.07) is 14.0. The highest BCUT2D eigenvalue weighted by Gasteiger charge is 2.19. The number of hydrogen-bond donors (Lipinski definition) is 3. The second-order valence-electron chi connectivity index (χ2n) is 9.68. The molecule has 0 amide bonds. The number of anilines is 3. The molecule has 0 spiro atoms. The van der Waals surface area contributed by atoms with Gasteiger partial charge in [-0.3, -0.25) is 15.3 Å². The number of piperazine rings is 1. The molecule has 39 heavy (non-hydrogen) atoms. The number of allylic oxidation sites excluding steroid dienone is 1. The van der Waals surface area contributed by atoms with Gasteiger partial charge >= 0.3 is 0 Å². The van der Waals surface area contributed by atoms with E-state index in [1.54, 1.807) is 18.3 Å². The molecule has 1 aliphatic heterocycles. The van der Waals surface area contributed by atoms with E-state index in [4.69, 9.17) is 22.7 Å². The standard InChI is InChI=1S/C29H30ClFN8/c1-18(2)38-9-11-39(12-10-38)21-4-8-28(35-17-21)36-20-14-27-26(34-16-20)7-6-25(37-27)23(15-32)29(33)22-13-19(30)3-5-24(22)31/h3-8,13-18,33H,9-12,32H2,1-2H3,(H,35,36)/b23-15-,33-29?. The van der Waals surface area contributed by atoms with E-state index in [0.717, 1.165) is 31.9 Å². The molecule has 1 aliphatic rings. The maximum Gasteiger partial charge on any atom is 0.132 e. The molecule has 0 radical (unpaired) electrons. The first-order valence-electron chi connectivity index (χ1n) is 12.8. The molecular weight excluding hydrogens is 515 g/mol. The summed E-state index contributed by atoms with van der Waals surface area (Å²) in [6.45, 7) is 8.52. The van der Waals surface area contributed by atoms with Gasteiger partial charge in [-0.05, 0) is 62.4 Å². The summed E-state index contributed by atoms with van der Waals surface area (Å²) in [5, 5.41) is 12.2. The Kier molecular flexibility index (Phi) is 7.72. The number of hydrogen-bond acceptors (Lipinski definition) is 8. The summed E-state index contributed by atoms with van der Waals surface area (Å²) in [4.78, 5) is 18.6. The molecule has 200 valence electrons. The van der Waals surface area contributed by atoms with Gasteiger partial charge in [-0.2, -0.15) is 0 Å². The highest BCUT2D eigenvalue weighted by molar-refractivity contribution is 6.33. The van der Waals surface area contributed by atoms with Gasteiger partial charge in [0.25, 0.3) is 0 Å². The Morgan fingerprint density at radius 3 is 2.51 bits per heavy atom. The van der Waals surface area contributed by atoms with Crippen LogP contribution in [0.15, 0.2) is 67.1 Å². The van der Waals surface area contributed by atoms with Crippen molar-refractivity contribution in [2.75, 3.05) is 36.4 Å². The molecule has 5 rings (SSSR count). The van der Waals surface area contributed by atoms with Gasteiger partial charge in [0.1, 0.15) is 11.6 Å². The summed E-state index contributed by atoms with van der Waals surface area (Å²) in [5.41, 5.74) is 9.58. The molecule has 1 fully saturated rings. The lowest BCUT2D eigenvalue weighted by atomic mass is 9.99. The van der Waals surface area contributed by atoms with Gasteiger partial charge in [0.15, 0.2) is 0 Å². The van der Waals surface area contributed by atoms with E-state index < -0.39 is 5.82 Å². The van der Waals surface area contributed by atoms with Gasteiger partial charge in [0.05, 0.1) is 46.2 Å². The summed E-state index contributed by atoms with van der Waals surface area (Å²) in [6.07, 6.45) is 4.85. The van der Waals surface area contributed by atoms with Gasteiger partial charge in [-0.25, -0.2) is 14.4 Å². The van der Waals surface area contributed by atoms with Crippen molar-refractivity contribution in [2.45, 2.75) is 19.9 Å². The van der Waals surface area contributed by atoms with Crippen LogP contribution >= 0.6 is 11.6 Å². The molecule has 0 aliphatic carbocycles. The third-order valence-corrected chi connectivity index (χ3v) is 7.11. The zero-order valence-corrected chi connectivity index (χ0v) is 22.6. The average Bonchev–Trinajstić information content (AvgIpc) is 2.95. The molecule has 0 unspecified atom stereocenters. The fourth-order valence-corrected chi connectivity index (χ4v) is 4.82. The maximum atomic E-state index is 14.4. The Bertz CT molecular complexity index is 1530. The molecule has 0 bridgehead atoms. The van der Waals surface area contributed by atoms with Gasteiger partial charge in [-0.15, -0.1) is 0 Å². The summed E-state index contributed by atoms with van der Waals surface area (Å²) in [7, 11) is 0. The Morgan fingerprint density at radius 2 is 1.82 bits per heavy atom. The van der Waals surface area contributed by atoms with Crippen molar-refractivity contribution in [3.05, 3.63) is 89.2 Å². The van der Waals surface area contributed by atoms with Crippen molar-refractivity contribution in [1.29, 1.82) is 5.41 Å². The van der Waals surface area contributed by atoms with Crippen molar-refractivity contribution in [2.24, 2.45) is 5.73 Å². The van der Waals surface area contributed by atoms with Gasteiger partial charge < -0.3 is 16.0 Å². The SMILES string of the molecule is CC(C)N1CCN(c2ccc(Nc3cnc4ccc(/C(=C/N)C(=N)c5cc(Cl)ccc5F)nc4c3)nc2)CC1. The van der Waals surface area contributed by atoms with E-state index in [2.05, 4.69) is 50.0 Å². The Balaban J connectivity index is 1.33. The summed E-state index contributed by atoms with van der Waals surface area (Å²) >= 11 is 6.03. The highest BCUT2D eigenvalue weighted by Crippen LogP contribution is 2.26. The molecule has 4 heterocycles. The van der Waals surface area contributed by atoms with Crippen molar-refractivity contribution in [3.63, 3.8) is 0 Å². The molecule has 0 saturated carbocycles. The van der Waals surface area contributed by atoms with Crippen LogP contribution in [0, 0.1) is 11.2 Å². The zero-order valence-electron chi connectivity index (χ0n) is 21.8. The Labute approximate surface area is 231 Å². The first-order chi connectivity index (χ1) is 18.8. The van der Waals surface area contributed by atoms with Crippen LogP contribution in [0.3, 0.4) is 0 Å². The second kappa shape index (κ2) is 11.3. The van der Waals surface area contributed by atoms with Gasteiger partial charge in [-0.1, -0.05) is 11.6 Å². The average molecular weight is 545 g/mol. The van der Waals surface area contributed by atoms with Crippen LogP contribution in [0.1, 0.15) is 25.1 Å². The van der Waals surface area contributed by atoms with Crippen LogP contribution in [0.25, 0.3) is 16.6 Å². The van der Waals surface area contributed by atoms with Crippen LogP contribution in [0.4, 0.5) is 21.6 Å². The van der Waals surface area contributed by atoms with Crippen molar-refractivity contribution < 1.29 is 4.39 Å². The fraction of sp³-hybridized carbons (Fsp3) is 0.241. The minimum atomic E-state index is -0.561. The molecular formula is C29H30ClFN8. The van der Waals surface area contributed by atoms with E-state index in [1.165, 1.54) is 24.4 Å². The van der Waals surface area contributed by atoms with E-state index in [0.29, 0.717) is 39.3 Å². The molecule has 10 heteroatoms. The van der Waals surface area contributed by atoms with Gasteiger partial charge in [0.2, 0.25) is 0 Å². The number of pyridine rings is 3. The van der Waals surface area contributed by atoms with Gasteiger partial charge in [0, 0.05) is 54.6 Å². The number of nitrogens with zero attached hydrogens (tertiary/aromatic N) is 5. The lowest BCUT2D eigenvalue weighted by Gasteiger charge is -2.38. The van der Waals surface area contributed by atoms with Crippen LogP contribution < -0.4 is 16.0 Å². The largest absolute Gasteiger partial charge is 0.404 e. The van der Waals surface area contributed by atoms with E-state index in [9.17, 15) is 4.39 Å². The minimum Gasteiger partial charge on any atom is -0.404 e. The first-order valence-corrected chi connectivity index (χ1v) is 13.2. The van der Waals surface area contributed by atoms with Crippen molar-refractivity contribution in [3.8, 4) is 0 Å². The lowest BCUT2D eigenvalue weighted by molar-refractivity contribution is 0.209. The molecule has 1 saturated heterocycles. The van der Waals surface area contributed by atoms with Crippen LogP contribution in [0.5, 0.6) is 0 Å². The quantitative estimate of drug-likeness (QED) is 0.265. The Hall–Kier alpha value is -4.08. The number of nitrogens with one attached hydrogen (secondary N) is 2. The summed E-state index contributed by atoms with van der Waals surface area (Å²) < 4.78 is 14.4. The molecule has 4 N–H and O–H groups in total. The van der Waals surface area contributed by atoms with E-state index in [-0.39, 0.29) is 16.8 Å². The number of benzene rings is 1. The topological polar surface area (TPSA) is 107 Å². The number of fused-ring (bicyclic) bond motifs is 1. The molecule has 8 nitrogen and oxygen atoms in total. The van der Waals surface area contributed by atoms with E-state index >= 15 is 0 Å². The number of aromatic nitrogens is 3. The smallest absolute Gasteiger partial charge is 0.132 e.